The summed E-state index contributed by atoms with van der Waals surface area (Å²) in [7, 11) is 0. The van der Waals surface area contributed by atoms with Crippen LogP contribution in [-0.4, -0.2) is 18.4 Å². The molecule has 5 nitrogen and oxygen atoms in total. The number of aryl methyl sites for hydroxylation is 1. The summed E-state index contributed by atoms with van der Waals surface area (Å²) < 4.78 is 16.4. The van der Waals surface area contributed by atoms with Gasteiger partial charge in [-0.3, -0.25) is 4.79 Å². The van der Waals surface area contributed by atoms with Gasteiger partial charge in [0.2, 0.25) is 5.78 Å². The van der Waals surface area contributed by atoms with Gasteiger partial charge < -0.3 is 14.2 Å². The fourth-order valence-corrected chi connectivity index (χ4v) is 3.68. The first kappa shape index (κ1) is 19.0. The Hall–Kier alpha value is -3.38. The smallest absolute Gasteiger partial charge is 0.344 e. The number of hydrogen-bond acceptors (Lipinski definition) is 6. The van der Waals surface area contributed by atoms with Crippen molar-refractivity contribution in [1.29, 1.82) is 0 Å². The third-order valence-electron chi connectivity index (χ3n) is 4.40. The molecule has 1 aromatic heterocycles. The molecule has 0 aliphatic carbocycles. The SMILES string of the molecule is Cc1ccsc1C=C1Oc2cc(OCC(=O)OCc3ccccc3)ccc2C1=O. The summed E-state index contributed by atoms with van der Waals surface area (Å²) in [6.07, 6.45) is 1.75. The number of thiophene rings is 1. The quantitative estimate of drug-likeness (QED) is 0.435. The largest absolute Gasteiger partial charge is 0.482 e. The third kappa shape index (κ3) is 4.38. The normalized spacial score (nSPS) is 13.8. The van der Waals surface area contributed by atoms with Crippen molar-refractivity contribution in [3.63, 3.8) is 0 Å². The Morgan fingerprint density at radius 2 is 1.97 bits per heavy atom. The molecule has 0 unspecified atom stereocenters. The molecule has 6 heteroatoms. The highest BCUT2D eigenvalue weighted by molar-refractivity contribution is 7.11. The molecule has 0 saturated heterocycles. The van der Waals surface area contributed by atoms with Crippen molar-refractivity contribution < 1.29 is 23.8 Å². The number of hydrogen-bond donors (Lipinski definition) is 0. The molecular weight excluding hydrogens is 388 g/mol. The van der Waals surface area contributed by atoms with Crippen LogP contribution in [0.2, 0.25) is 0 Å². The van der Waals surface area contributed by atoms with Gasteiger partial charge in [0.15, 0.2) is 12.4 Å². The van der Waals surface area contributed by atoms with Crippen LogP contribution in [0.5, 0.6) is 11.5 Å². The maximum absolute atomic E-state index is 12.5. The molecule has 2 aromatic carbocycles. The molecule has 146 valence electrons. The summed E-state index contributed by atoms with van der Waals surface area (Å²) in [4.78, 5) is 25.4. The number of rotatable bonds is 6. The lowest BCUT2D eigenvalue weighted by atomic mass is 10.1. The van der Waals surface area contributed by atoms with Crippen LogP contribution >= 0.6 is 11.3 Å². The molecule has 0 radical (unpaired) electrons. The van der Waals surface area contributed by atoms with E-state index in [1.807, 2.05) is 48.7 Å². The molecule has 0 fully saturated rings. The van der Waals surface area contributed by atoms with Gasteiger partial charge in [0.05, 0.1) is 5.56 Å². The maximum atomic E-state index is 12.5. The number of fused-ring (bicyclic) bond motifs is 1. The summed E-state index contributed by atoms with van der Waals surface area (Å²) >= 11 is 1.55. The lowest BCUT2D eigenvalue weighted by Gasteiger charge is -2.08. The van der Waals surface area contributed by atoms with E-state index < -0.39 is 5.97 Å². The topological polar surface area (TPSA) is 61.8 Å². The summed E-state index contributed by atoms with van der Waals surface area (Å²) in [6, 6.07) is 16.3. The monoisotopic (exact) mass is 406 g/mol. The first-order valence-electron chi connectivity index (χ1n) is 9.05. The second-order valence-corrected chi connectivity index (χ2v) is 7.45. The van der Waals surface area contributed by atoms with Gasteiger partial charge in [-0.1, -0.05) is 30.3 Å². The number of ketones is 1. The van der Waals surface area contributed by atoms with Crippen molar-refractivity contribution in [3.8, 4) is 11.5 Å². The molecule has 4 rings (SSSR count). The van der Waals surface area contributed by atoms with E-state index in [1.165, 1.54) is 0 Å². The predicted octanol–water partition coefficient (Wildman–Crippen LogP) is 4.79. The number of allylic oxidation sites excluding steroid dienone is 1. The maximum Gasteiger partial charge on any atom is 0.344 e. The van der Waals surface area contributed by atoms with Crippen molar-refractivity contribution in [1.82, 2.24) is 0 Å². The Bertz CT molecular complexity index is 1080. The molecule has 0 amide bonds. The van der Waals surface area contributed by atoms with Crippen LogP contribution in [0, 0.1) is 6.92 Å². The second-order valence-electron chi connectivity index (χ2n) is 6.50. The molecule has 0 spiro atoms. The van der Waals surface area contributed by atoms with Gasteiger partial charge in [-0.15, -0.1) is 11.3 Å². The Labute approximate surface area is 172 Å². The van der Waals surface area contributed by atoms with Crippen LogP contribution in [-0.2, 0) is 16.1 Å². The van der Waals surface area contributed by atoms with E-state index >= 15 is 0 Å². The Kier molecular flexibility index (Phi) is 5.44. The molecule has 0 bridgehead atoms. The third-order valence-corrected chi connectivity index (χ3v) is 5.37. The van der Waals surface area contributed by atoms with E-state index in [9.17, 15) is 9.59 Å². The highest BCUT2D eigenvalue weighted by atomic mass is 32.1. The molecule has 3 aromatic rings. The fraction of sp³-hybridized carbons (Fsp3) is 0.130. The average molecular weight is 406 g/mol. The lowest BCUT2D eigenvalue weighted by molar-refractivity contribution is -0.147. The van der Waals surface area contributed by atoms with Gasteiger partial charge in [0, 0.05) is 17.0 Å². The van der Waals surface area contributed by atoms with Crippen molar-refractivity contribution >= 4 is 29.2 Å². The number of carbonyl (C=O) groups is 2. The minimum atomic E-state index is -0.472. The van der Waals surface area contributed by atoms with E-state index in [4.69, 9.17) is 14.2 Å². The Morgan fingerprint density at radius 1 is 1.14 bits per heavy atom. The van der Waals surface area contributed by atoms with Gasteiger partial charge in [-0.2, -0.15) is 0 Å². The van der Waals surface area contributed by atoms with E-state index in [0.717, 1.165) is 16.0 Å². The molecule has 1 aliphatic heterocycles. The zero-order valence-corrected chi connectivity index (χ0v) is 16.5. The second kappa shape index (κ2) is 8.32. The van der Waals surface area contributed by atoms with Crippen molar-refractivity contribution in [3.05, 3.63) is 87.3 Å². The number of esters is 1. The standard InChI is InChI=1S/C23H18O5S/c1-15-9-10-29-21(15)12-20-23(25)18-8-7-17(11-19(18)28-20)26-14-22(24)27-13-16-5-3-2-4-6-16/h2-12H,13-14H2,1H3. The molecule has 2 heterocycles. The van der Waals surface area contributed by atoms with Crippen LogP contribution in [0.1, 0.15) is 26.4 Å². The van der Waals surface area contributed by atoms with Gasteiger partial charge >= 0.3 is 5.97 Å². The van der Waals surface area contributed by atoms with Crippen LogP contribution in [0.3, 0.4) is 0 Å². The predicted molar refractivity (Wildman–Crippen MR) is 110 cm³/mol. The van der Waals surface area contributed by atoms with Gasteiger partial charge in [-0.25, -0.2) is 4.79 Å². The summed E-state index contributed by atoms with van der Waals surface area (Å²) in [5, 5.41) is 1.97. The summed E-state index contributed by atoms with van der Waals surface area (Å²) in [5.74, 6) is 0.499. The molecular formula is C23H18O5S. The zero-order valence-electron chi connectivity index (χ0n) is 15.7. The van der Waals surface area contributed by atoms with Crippen molar-refractivity contribution in [2.45, 2.75) is 13.5 Å². The Balaban J connectivity index is 1.37. The first-order valence-corrected chi connectivity index (χ1v) is 9.93. The van der Waals surface area contributed by atoms with Gasteiger partial charge in [0.25, 0.3) is 0 Å². The minimum absolute atomic E-state index is 0.165. The van der Waals surface area contributed by atoms with Crippen LogP contribution in [0.15, 0.2) is 65.7 Å². The van der Waals surface area contributed by atoms with Crippen LogP contribution < -0.4 is 9.47 Å². The van der Waals surface area contributed by atoms with Crippen molar-refractivity contribution in [2.75, 3.05) is 6.61 Å². The van der Waals surface area contributed by atoms with E-state index in [2.05, 4.69) is 0 Å². The zero-order chi connectivity index (χ0) is 20.2. The number of carbonyl (C=O) groups excluding carboxylic acids is 2. The first-order chi connectivity index (χ1) is 14.1. The van der Waals surface area contributed by atoms with Crippen LogP contribution in [0.4, 0.5) is 0 Å². The minimum Gasteiger partial charge on any atom is -0.482 e. The summed E-state index contributed by atoms with van der Waals surface area (Å²) in [5.41, 5.74) is 2.47. The van der Waals surface area contributed by atoms with Gasteiger partial charge in [-0.05, 0) is 41.6 Å². The highest BCUT2D eigenvalue weighted by Gasteiger charge is 2.28. The molecule has 0 saturated carbocycles. The number of Topliss-reactive ketones (excluding diaryl/α,β-unsaturated/α-hetero) is 1. The van der Waals surface area contributed by atoms with E-state index in [0.29, 0.717) is 17.1 Å². The number of benzene rings is 2. The average Bonchev–Trinajstić information content (AvgIpc) is 3.28. The van der Waals surface area contributed by atoms with E-state index in [1.54, 1.807) is 35.6 Å². The van der Waals surface area contributed by atoms with Gasteiger partial charge in [0.1, 0.15) is 18.1 Å². The molecule has 0 N–H and O–H groups in total. The Morgan fingerprint density at radius 3 is 2.72 bits per heavy atom. The lowest BCUT2D eigenvalue weighted by Crippen LogP contribution is -2.14. The molecule has 29 heavy (non-hydrogen) atoms. The fourth-order valence-electron chi connectivity index (χ4n) is 2.83. The van der Waals surface area contributed by atoms with E-state index in [-0.39, 0.29) is 24.8 Å². The highest BCUT2D eigenvalue weighted by Crippen LogP contribution is 2.35. The van der Waals surface area contributed by atoms with Crippen molar-refractivity contribution in [2.24, 2.45) is 0 Å². The summed E-state index contributed by atoms with van der Waals surface area (Å²) in [6.45, 7) is 1.95. The van der Waals surface area contributed by atoms with Crippen LogP contribution in [0.25, 0.3) is 6.08 Å². The molecule has 1 aliphatic rings. The molecule has 0 atom stereocenters. The number of ether oxygens (including phenoxy) is 3.